The van der Waals surface area contributed by atoms with Crippen LogP contribution in [-0.2, 0) is 0 Å². The van der Waals surface area contributed by atoms with Crippen molar-refractivity contribution in [2.45, 2.75) is 56.9 Å². The number of rotatable bonds is 7. The maximum absolute atomic E-state index is 13.4. The number of carbonyl (C=O) groups excluding carboxylic acids is 1. The molecule has 36 heavy (non-hydrogen) atoms. The second-order valence-electron chi connectivity index (χ2n) is 10.7. The molecular formula is C29H37FN4O2. The number of likely N-dealkylation sites (tertiary alicyclic amines) is 1. The molecule has 6 nitrogen and oxygen atoms in total. The van der Waals surface area contributed by atoms with Crippen LogP contribution in [0.2, 0.25) is 0 Å². The van der Waals surface area contributed by atoms with E-state index >= 15 is 0 Å². The van der Waals surface area contributed by atoms with E-state index in [-0.39, 0.29) is 17.8 Å². The Kier molecular flexibility index (Phi) is 7.56. The Labute approximate surface area is 212 Å². The summed E-state index contributed by atoms with van der Waals surface area (Å²) < 4.78 is 18.8. The maximum Gasteiger partial charge on any atom is 0.251 e. The van der Waals surface area contributed by atoms with Crippen molar-refractivity contribution in [1.29, 1.82) is 0 Å². The number of halogens is 1. The number of aromatic nitrogens is 1. The average Bonchev–Trinajstić information content (AvgIpc) is 3.31. The highest BCUT2D eigenvalue weighted by atomic mass is 19.1. The van der Waals surface area contributed by atoms with Gasteiger partial charge < -0.3 is 19.6 Å². The first-order valence-electron chi connectivity index (χ1n) is 13.3. The predicted octanol–water partition coefficient (Wildman–Crippen LogP) is 5.59. The lowest BCUT2D eigenvalue weighted by Gasteiger charge is -2.34. The van der Waals surface area contributed by atoms with Crippen LogP contribution in [-0.4, -0.2) is 55.7 Å². The fourth-order valence-corrected chi connectivity index (χ4v) is 5.80. The van der Waals surface area contributed by atoms with E-state index in [1.54, 1.807) is 6.07 Å². The van der Waals surface area contributed by atoms with Crippen molar-refractivity contribution < 1.29 is 13.7 Å². The predicted molar refractivity (Wildman–Crippen MR) is 141 cm³/mol. The Morgan fingerprint density at radius 1 is 1.06 bits per heavy atom. The van der Waals surface area contributed by atoms with Crippen LogP contribution in [0.4, 0.5) is 10.1 Å². The van der Waals surface area contributed by atoms with Gasteiger partial charge in [0.1, 0.15) is 5.82 Å². The zero-order valence-corrected chi connectivity index (χ0v) is 21.4. The second-order valence-corrected chi connectivity index (χ2v) is 10.7. The van der Waals surface area contributed by atoms with E-state index in [2.05, 4.69) is 15.4 Å². The molecule has 5 rings (SSSR count). The van der Waals surface area contributed by atoms with Crippen LogP contribution in [0.25, 0.3) is 11.0 Å². The Hall–Kier alpha value is -2.93. The second kappa shape index (κ2) is 11.0. The van der Waals surface area contributed by atoms with Gasteiger partial charge in [0.25, 0.3) is 5.91 Å². The minimum absolute atomic E-state index is 0.0386. The molecule has 192 valence electrons. The largest absolute Gasteiger partial charge is 0.378 e. The minimum Gasteiger partial charge on any atom is -0.378 e. The molecule has 2 heterocycles. The summed E-state index contributed by atoms with van der Waals surface area (Å²) in [7, 11) is 4.00. The smallest absolute Gasteiger partial charge is 0.251 e. The highest BCUT2D eigenvalue weighted by molar-refractivity contribution is 5.94. The zero-order valence-electron chi connectivity index (χ0n) is 21.4. The first kappa shape index (κ1) is 24.8. The lowest BCUT2D eigenvalue weighted by Crippen LogP contribution is -2.38. The molecule has 1 aliphatic carbocycles. The molecule has 1 N–H and O–H groups in total. The molecule has 1 saturated heterocycles. The van der Waals surface area contributed by atoms with Gasteiger partial charge in [-0.2, -0.15) is 0 Å². The van der Waals surface area contributed by atoms with E-state index in [9.17, 15) is 9.18 Å². The molecule has 1 aromatic heterocycles. The number of amides is 1. The number of piperidine rings is 1. The average molecular weight is 493 g/mol. The van der Waals surface area contributed by atoms with Crippen molar-refractivity contribution in [2.75, 3.05) is 38.6 Å². The van der Waals surface area contributed by atoms with Crippen molar-refractivity contribution >= 4 is 22.6 Å². The molecular weight excluding hydrogens is 455 g/mol. The van der Waals surface area contributed by atoms with E-state index in [1.807, 2.05) is 43.3 Å². The van der Waals surface area contributed by atoms with Crippen molar-refractivity contribution in [3.63, 3.8) is 0 Å². The highest BCUT2D eigenvalue weighted by Gasteiger charge is 2.27. The molecule has 1 aliphatic heterocycles. The summed E-state index contributed by atoms with van der Waals surface area (Å²) in [5.74, 6) is 0.874. The summed E-state index contributed by atoms with van der Waals surface area (Å²) in [4.78, 5) is 17.3. The first-order valence-corrected chi connectivity index (χ1v) is 13.3. The van der Waals surface area contributed by atoms with Crippen LogP contribution in [0.1, 0.15) is 66.9 Å². The number of carbonyl (C=O) groups is 1. The summed E-state index contributed by atoms with van der Waals surface area (Å²) in [6.45, 7) is 3.27. The summed E-state index contributed by atoms with van der Waals surface area (Å²) in [6.07, 6.45) is 7.84. The lowest BCUT2D eigenvalue weighted by molar-refractivity contribution is 0.0919. The van der Waals surface area contributed by atoms with Gasteiger partial charge >= 0.3 is 0 Å². The number of hydrogen-bond donors (Lipinski definition) is 1. The number of nitrogens with zero attached hydrogens (tertiary/aromatic N) is 3. The third-order valence-electron chi connectivity index (χ3n) is 8.12. The Bertz CT molecular complexity index is 1160. The maximum atomic E-state index is 13.4. The molecule has 0 spiro atoms. The van der Waals surface area contributed by atoms with Crippen molar-refractivity contribution in [3.8, 4) is 0 Å². The highest BCUT2D eigenvalue weighted by Crippen LogP contribution is 2.33. The van der Waals surface area contributed by atoms with Crippen LogP contribution in [0.5, 0.6) is 0 Å². The van der Waals surface area contributed by atoms with E-state index in [0.29, 0.717) is 11.5 Å². The summed E-state index contributed by atoms with van der Waals surface area (Å²) >= 11 is 0. The van der Waals surface area contributed by atoms with Crippen LogP contribution >= 0.6 is 0 Å². The van der Waals surface area contributed by atoms with E-state index in [1.165, 1.54) is 31.4 Å². The monoisotopic (exact) mass is 492 g/mol. The quantitative estimate of drug-likeness (QED) is 0.466. The van der Waals surface area contributed by atoms with Crippen molar-refractivity contribution in [3.05, 3.63) is 59.5 Å². The van der Waals surface area contributed by atoms with Gasteiger partial charge in [-0.15, -0.1) is 0 Å². The molecule has 7 heteroatoms. The Balaban J connectivity index is 1.02. The van der Waals surface area contributed by atoms with Crippen molar-refractivity contribution in [2.24, 2.45) is 5.92 Å². The van der Waals surface area contributed by atoms with E-state index < -0.39 is 0 Å². The van der Waals surface area contributed by atoms with Gasteiger partial charge in [-0.1, -0.05) is 5.16 Å². The molecule has 0 atom stereocenters. The van der Waals surface area contributed by atoms with Crippen LogP contribution < -0.4 is 10.2 Å². The first-order chi connectivity index (χ1) is 17.5. The van der Waals surface area contributed by atoms with E-state index in [0.717, 1.165) is 73.6 Å². The number of nitrogens with one attached hydrogen (secondary N) is 1. The van der Waals surface area contributed by atoms with Gasteiger partial charge in [0.05, 0.1) is 5.69 Å². The molecule has 2 aliphatic rings. The Morgan fingerprint density at radius 3 is 2.47 bits per heavy atom. The fourth-order valence-electron chi connectivity index (χ4n) is 5.80. The molecule has 0 radical (unpaired) electrons. The lowest BCUT2D eigenvalue weighted by atomic mass is 9.83. The molecule has 0 unspecified atom stereocenters. The van der Waals surface area contributed by atoms with Gasteiger partial charge in [0.2, 0.25) is 0 Å². The number of hydrogen-bond acceptors (Lipinski definition) is 5. The van der Waals surface area contributed by atoms with Gasteiger partial charge in [-0.3, -0.25) is 4.79 Å². The number of benzene rings is 2. The standard InChI is InChI=1S/C29H37FN4O2/c1-33(2)25-10-5-22(6-11-25)29(35)31-24-8-3-20(4-9-24)13-16-34-17-14-21(15-18-34)28-26-12-7-23(30)19-27(26)36-32-28/h5-7,10-12,19-21,24H,3-4,8-9,13-18H2,1-2H3,(H,31,35). The fraction of sp³-hybridized carbons (Fsp3) is 0.517. The zero-order chi connectivity index (χ0) is 25.1. The molecule has 1 amide bonds. The number of fused-ring (bicyclic) bond motifs is 1. The molecule has 2 aromatic carbocycles. The van der Waals surface area contributed by atoms with Gasteiger partial charge in [-0.05, 0) is 107 Å². The molecule has 1 saturated carbocycles. The summed E-state index contributed by atoms with van der Waals surface area (Å²) in [6, 6.07) is 12.8. The van der Waals surface area contributed by atoms with Crippen LogP contribution in [0, 0.1) is 11.7 Å². The SMILES string of the molecule is CN(C)c1ccc(C(=O)NC2CCC(CCN3CCC(c4noc5cc(F)ccc45)CC3)CC2)cc1. The number of anilines is 1. The summed E-state index contributed by atoms with van der Waals surface area (Å²) in [5, 5.41) is 8.46. The van der Waals surface area contributed by atoms with Gasteiger partial charge in [0.15, 0.2) is 5.58 Å². The van der Waals surface area contributed by atoms with Gasteiger partial charge in [-0.25, -0.2) is 4.39 Å². The van der Waals surface area contributed by atoms with Crippen molar-refractivity contribution in [1.82, 2.24) is 15.4 Å². The third-order valence-corrected chi connectivity index (χ3v) is 8.12. The Morgan fingerprint density at radius 2 is 1.78 bits per heavy atom. The normalized spacial score (nSPS) is 21.5. The van der Waals surface area contributed by atoms with Crippen LogP contribution in [0.15, 0.2) is 47.0 Å². The van der Waals surface area contributed by atoms with E-state index in [4.69, 9.17) is 4.52 Å². The topological polar surface area (TPSA) is 61.6 Å². The molecule has 3 aromatic rings. The van der Waals surface area contributed by atoms with Gasteiger partial charge in [0, 0.05) is 48.8 Å². The summed E-state index contributed by atoms with van der Waals surface area (Å²) in [5.41, 5.74) is 3.36. The minimum atomic E-state index is -0.286. The molecule has 2 fully saturated rings. The third kappa shape index (κ3) is 5.72. The van der Waals surface area contributed by atoms with Crippen LogP contribution in [0.3, 0.4) is 0 Å². The molecule has 0 bridgehead atoms.